The molecule has 3 rings (SSSR count). The minimum Gasteiger partial charge on any atom is -0.481 e. The molecule has 3 aromatic carbocycles. The summed E-state index contributed by atoms with van der Waals surface area (Å²) in [6.45, 7) is 1.76. The van der Waals surface area contributed by atoms with E-state index in [1.165, 1.54) is 36.4 Å². The Morgan fingerprint density at radius 3 is 2.36 bits per heavy atom. The van der Waals surface area contributed by atoms with Crippen molar-refractivity contribution in [3.8, 4) is 5.75 Å². The van der Waals surface area contributed by atoms with E-state index in [0.717, 1.165) is 11.1 Å². The molecule has 0 fully saturated rings. The number of carbonyl (C=O) groups is 1. The predicted octanol–water partition coefficient (Wildman–Crippen LogP) is 5.40. The van der Waals surface area contributed by atoms with Crippen LogP contribution in [0.25, 0.3) is 10.8 Å². The number of fused-ring (bicyclic) bond motifs is 1. The summed E-state index contributed by atoms with van der Waals surface area (Å²) in [5.74, 6) is -1.74. The molecule has 0 atom stereocenters. The van der Waals surface area contributed by atoms with Crippen LogP contribution in [0.2, 0.25) is 0 Å². The van der Waals surface area contributed by atoms with E-state index in [1.807, 2.05) is 0 Å². The predicted molar refractivity (Wildman–Crippen MR) is 95.9 cm³/mol. The molecule has 0 aliphatic carbocycles. The molecule has 0 saturated carbocycles. The summed E-state index contributed by atoms with van der Waals surface area (Å²) in [5, 5.41) is 10.5. The van der Waals surface area contributed by atoms with Crippen LogP contribution in [0.15, 0.2) is 48.5 Å². The second kappa shape index (κ2) is 7.50. The molecule has 3 nitrogen and oxygen atoms in total. The Kier molecular flexibility index (Phi) is 5.27. The first-order valence-electron chi connectivity index (χ1n) is 8.39. The molecule has 0 unspecified atom stereocenters. The normalized spacial score (nSPS) is 11.6. The minimum absolute atomic E-state index is 0.176. The van der Waals surface area contributed by atoms with Crippen molar-refractivity contribution in [2.24, 2.45) is 0 Å². The number of halogens is 4. The van der Waals surface area contributed by atoms with Gasteiger partial charge in [0.2, 0.25) is 0 Å². The van der Waals surface area contributed by atoms with E-state index < -0.39 is 18.1 Å². The number of benzene rings is 3. The summed E-state index contributed by atoms with van der Waals surface area (Å²) in [5.41, 5.74) is 2.75. The van der Waals surface area contributed by atoms with Crippen molar-refractivity contribution >= 4 is 16.7 Å². The smallest absolute Gasteiger partial charge is 0.481 e. The lowest BCUT2D eigenvalue weighted by Crippen LogP contribution is -2.17. The fraction of sp³-hybridized carbons (Fsp3) is 0.190. The maximum Gasteiger partial charge on any atom is 0.573 e. The van der Waals surface area contributed by atoms with E-state index in [0.29, 0.717) is 28.3 Å². The van der Waals surface area contributed by atoms with Gasteiger partial charge < -0.3 is 9.84 Å². The number of carboxylic acid groups (broad SMARTS) is 1. The van der Waals surface area contributed by atoms with Gasteiger partial charge >= 0.3 is 12.3 Å². The lowest BCUT2D eigenvalue weighted by Gasteiger charge is -2.15. The Morgan fingerprint density at radius 1 is 1.07 bits per heavy atom. The van der Waals surface area contributed by atoms with Crippen LogP contribution < -0.4 is 4.74 Å². The van der Waals surface area contributed by atoms with Crippen LogP contribution in [-0.2, 0) is 17.6 Å². The van der Waals surface area contributed by atoms with Crippen LogP contribution in [-0.4, -0.2) is 17.4 Å². The molecule has 0 aliphatic rings. The monoisotopic (exact) mass is 392 g/mol. The Morgan fingerprint density at radius 2 is 1.75 bits per heavy atom. The molecular formula is C21H16F4O3. The maximum absolute atomic E-state index is 13.8. The Labute approximate surface area is 158 Å². The van der Waals surface area contributed by atoms with Crippen molar-refractivity contribution in [2.75, 3.05) is 0 Å². The molecule has 7 heteroatoms. The van der Waals surface area contributed by atoms with Gasteiger partial charge in [-0.25, -0.2) is 4.39 Å². The number of alkyl halides is 3. The van der Waals surface area contributed by atoms with Gasteiger partial charge in [0.25, 0.3) is 0 Å². The average Bonchev–Trinajstić information content (AvgIpc) is 2.59. The highest BCUT2D eigenvalue weighted by Crippen LogP contribution is 2.30. The van der Waals surface area contributed by atoms with Gasteiger partial charge in [0, 0.05) is 0 Å². The van der Waals surface area contributed by atoms with Crippen molar-refractivity contribution in [3.05, 3.63) is 76.6 Å². The van der Waals surface area contributed by atoms with Crippen LogP contribution >= 0.6 is 0 Å². The highest BCUT2D eigenvalue weighted by molar-refractivity contribution is 5.89. The molecule has 0 aliphatic heterocycles. The van der Waals surface area contributed by atoms with Crippen LogP contribution in [0.1, 0.15) is 22.3 Å². The molecule has 146 valence electrons. The molecule has 3 aromatic rings. The quantitative estimate of drug-likeness (QED) is 0.591. The zero-order chi connectivity index (χ0) is 20.5. The summed E-state index contributed by atoms with van der Waals surface area (Å²) in [4.78, 5) is 11.2. The number of aliphatic carboxylic acids is 1. The lowest BCUT2D eigenvalue weighted by molar-refractivity contribution is -0.274. The minimum atomic E-state index is -4.77. The first-order valence-corrected chi connectivity index (χ1v) is 8.39. The van der Waals surface area contributed by atoms with Gasteiger partial charge in [-0.3, -0.25) is 4.79 Å². The molecule has 0 spiro atoms. The van der Waals surface area contributed by atoms with Gasteiger partial charge in [0.15, 0.2) is 0 Å². The molecular weight excluding hydrogens is 376 g/mol. The van der Waals surface area contributed by atoms with Gasteiger partial charge in [-0.05, 0) is 70.6 Å². The summed E-state index contributed by atoms with van der Waals surface area (Å²) < 4.78 is 54.5. The number of hydrogen-bond donors (Lipinski definition) is 1. The van der Waals surface area contributed by atoms with Gasteiger partial charge in [0.05, 0.1) is 6.42 Å². The zero-order valence-electron chi connectivity index (χ0n) is 14.8. The van der Waals surface area contributed by atoms with E-state index >= 15 is 0 Å². The summed E-state index contributed by atoms with van der Waals surface area (Å²) in [6, 6.07) is 11.4. The van der Waals surface area contributed by atoms with E-state index in [9.17, 15) is 22.4 Å². The molecule has 1 N–H and O–H groups in total. The molecule has 0 bridgehead atoms. The van der Waals surface area contributed by atoms with Crippen LogP contribution in [0.4, 0.5) is 17.6 Å². The molecule has 0 aromatic heterocycles. The first-order chi connectivity index (χ1) is 13.1. The average molecular weight is 392 g/mol. The molecule has 0 radical (unpaired) electrons. The van der Waals surface area contributed by atoms with Gasteiger partial charge in [-0.15, -0.1) is 13.2 Å². The highest BCUT2D eigenvalue weighted by atomic mass is 19.4. The fourth-order valence-corrected chi connectivity index (χ4v) is 3.19. The third-order valence-electron chi connectivity index (χ3n) is 4.48. The SMILES string of the molecule is Cc1c(CC(=O)O)cc2ccc(F)cc2c1Cc1ccc(OC(F)(F)F)cc1. The van der Waals surface area contributed by atoms with Crippen molar-refractivity contribution in [2.45, 2.75) is 26.1 Å². The van der Waals surface area contributed by atoms with Crippen molar-refractivity contribution in [1.82, 2.24) is 0 Å². The molecule has 0 amide bonds. The van der Waals surface area contributed by atoms with E-state index in [4.69, 9.17) is 5.11 Å². The fourth-order valence-electron chi connectivity index (χ4n) is 3.19. The largest absolute Gasteiger partial charge is 0.573 e. The summed E-state index contributed by atoms with van der Waals surface area (Å²) in [7, 11) is 0. The third-order valence-corrected chi connectivity index (χ3v) is 4.48. The second-order valence-electron chi connectivity index (χ2n) is 6.44. The number of hydrogen-bond acceptors (Lipinski definition) is 2. The van der Waals surface area contributed by atoms with Crippen LogP contribution in [0.5, 0.6) is 5.75 Å². The second-order valence-corrected chi connectivity index (χ2v) is 6.44. The van der Waals surface area contributed by atoms with E-state index in [2.05, 4.69) is 4.74 Å². The Balaban J connectivity index is 2.02. The number of carboxylic acids is 1. The van der Waals surface area contributed by atoms with Crippen LogP contribution in [0, 0.1) is 12.7 Å². The summed E-state index contributed by atoms with van der Waals surface area (Å²) in [6.07, 6.45) is -4.63. The molecule has 28 heavy (non-hydrogen) atoms. The molecule has 0 saturated heterocycles. The van der Waals surface area contributed by atoms with Crippen molar-refractivity contribution in [3.63, 3.8) is 0 Å². The highest BCUT2D eigenvalue weighted by Gasteiger charge is 2.31. The standard InChI is InChI=1S/C21H16F4O3/c1-12-15(10-20(26)27)9-14-4-5-16(22)11-19(14)18(12)8-13-2-6-17(7-3-13)28-21(23,24)25/h2-7,9,11H,8,10H2,1H3,(H,26,27). The van der Waals surface area contributed by atoms with E-state index in [-0.39, 0.29) is 12.2 Å². The van der Waals surface area contributed by atoms with Gasteiger partial charge in [-0.1, -0.05) is 24.3 Å². The van der Waals surface area contributed by atoms with E-state index in [1.54, 1.807) is 19.1 Å². The zero-order valence-corrected chi connectivity index (χ0v) is 14.8. The Bertz CT molecular complexity index is 1020. The Hall–Kier alpha value is -3.09. The third kappa shape index (κ3) is 4.60. The van der Waals surface area contributed by atoms with Crippen molar-refractivity contribution < 1.29 is 32.2 Å². The topological polar surface area (TPSA) is 46.5 Å². The van der Waals surface area contributed by atoms with Crippen molar-refractivity contribution in [1.29, 1.82) is 0 Å². The lowest BCUT2D eigenvalue weighted by atomic mass is 9.90. The first kappa shape index (κ1) is 19.7. The number of rotatable bonds is 5. The van der Waals surface area contributed by atoms with Crippen LogP contribution in [0.3, 0.4) is 0 Å². The number of ether oxygens (including phenoxy) is 1. The van der Waals surface area contributed by atoms with Gasteiger partial charge in [0.1, 0.15) is 11.6 Å². The van der Waals surface area contributed by atoms with Gasteiger partial charge in [-0.2, -0.15) is 0 Å². The maximum atomic E-state index is 13.8. The summed E-state index contributed by atoms with van der Waals surface area (Å²) >= 11 is 0. The molecule has 0 heterocycles.